The molecule has 0 spiro atoms. The summed E-state index contributed by atoms with van der Waals surface area (Å²) in [5, 5.41) is 0.620. The summed E-state index contributed by atoms with van der Waals surface area (Å²) in [4.78, 5) is 7.00. The first-order valence-electron chi connectivity index (χ1n) is 4.88. The van der Waals surface area contributed by atoms with Crippen molar-refractivity contribution in [1.82, 2.24) is 4.98 Å². The van der Waals surface area contributed by atoms with Gasteiger partial charge in [0.25, 0.3) is 0 Å². The summed E-state index contributed by atoms with van der Waals surface area (Å²) < 4.78 is 0. The largest absolute Gasteiger partial charge is 0.362 e. The van der Waals surface area contributed by atoms with E-state index in [0.717, 1.165) is 11.3 Å². The van der Waals surface area contributed by atoms with Crippen molar-refractivity contribution in [3.05, 3.63) is 29.2 Å². The Kier molecular flexibility index (Phi) is 3.40. The molecule has 3 heteroatoms. The number of aliphatic imine (C=N–C) groups is 1. The molecule has 1 rings (SSSR count). The van der Waals surface area contributed by atoms with E-state index in [1.54, 1.807) is 6.20 Å². The van der Waals surface area contributed by atoms with Gasteiger partial charge >= 0.3 is 0 Å². The maximum absolute atomic E-state index is 6.08. The lowest BCUT2D eigenvalue weighted by molar-refractivity contribution is 0.572. The van der Waals surface area contributed by atoms with Crippen molar-refractivity contribution in [2.24, 2.45) is 4.99 Å². The van der Waals surface area contributed by atoms with Crippen molar-refractivity contribution in [1.29, 1.82) is 0 Å². The quantitative estimate of drug-likeness (QED) is 0.739. The molecule has 1 heterocycles. The minimum atomic E-state index is 0.0990. The molecule has 0 fully saturated rings. The number of aromatic amines is 1. The van der Waals surface area contributed by atoms with Gasteiger partial charge in [0.2, 0.25) is 0 Å². The van der Waals surface area contributed by atoms with E-state index in [1.165, 1.54) is 5.69 Å². The Labute approximate surface area is 96.1 Å². The maximum Gasteiger partial charge on any atom is 0.0678 e. The lowest BCUT2D eigenvalue weighted by Crippen LogP contribution is -2.11. The summed E-state index contributed by atoms with van der Waals surface area (Å²) in [6.07, 6.45) is 1.56. The number of nitrogens with zero attached hydrogens (tertiary/aromatic N) is 1. The van der Waals surface area contributed by atoms with E-state index < -0.39 is 0 Å². The standard InChI is InChI=1S/C12H17ClN2/c1-8-9(10(13)7-14-5)6-11(15-8)12(2,3)4/h6-7,15H,5H2,1-4H3/b10-7+. The van der Waals surface area contributed by atoms with Gasteiger partial charge in [-0.15, -0.1) is 0 Å². The van der Waals surface area contributed by atoms with E-state index in [4.69, 9.17) is 11.6 Å². The highest BCUT2D eigenvalue weighted by molar-refractivity contribution is 6.48. The Balaban J connectivity index is 3.18. The Morgan fingerprint density at radius 2 is 2.13 bits per heavy atom. The molecule has 0 unspecified atom stereocenters. The molecule has 82 valence electrons. The van der Waals surface area contributed by atoms with Crippen molar-refractivity contribution >= 4 is 23.4 Å². The molecule has 1 N–H and O–H groups in total. The molecular weight excluding hydrogens is 208 g/mol. The molecule has 1 aromatic rings. The highest BCUT2D eigenvalue weighted by Crippen LogP contribution is 2.29. The number of nitrogens with one attached hydrogen (secondary N) is 1. The average Bonchev–Trinajstić information content (AvgIpc) is 2.47. The summed E-state index contributed by atoms with van der Waals surface area (Å²) in [6.45, 7) is 11.9. The molecule has 0 aliphatic carbocycles. The molecule has 0 aromatic carbocycles. The van der Waals surface area contributed by atoms with Crippen molar-refractivity contribution in [3.63, 3.8) is 0 Å². The minimum Gasteiger partial charge on any atom is -0.362 e. The van der Waals surface area contributed by atoms with Crippen LogP contribution in [0.15, 0.2) is 17.3 Å². The normalized spacial score (nSPS) is 13.0. The first-order chi connectivity index (χ1) is 6.86. The first kappa shape index (κ1) is 12.1. The molecule has 0 saturated heterocycles. The predicted molar refractivity (Wildman–Crippen MR) is 67.6 cm³/mol. The van der Waals surface area contributed by atoms with Crippen LogP contribution in [-0.4, -0.2) is 11.7 Å². The second kappa shape index (κ2) is 4.23. The van der Waals surface area contributed by atoms with E-state index in [1.807, 2.05) is 6.92 Å². The second-order valence-electron chi connectivity index (χ2n) is 4.63. The maximum atomic E-state index is 6.08. The number of hydrogen-bond acceptors (Lipinski definition) is 1. The SMILES string of the molecule is C=N/C=C(/Cl)c1cc(C(C)(C)C)[nH]c1C. The fourth-order valence-electron chi connectivity index (χ4n) is 1.36. The van der Waals surface area contributed by atoms with Gasteiger partial charge in [-0.25, -0.2) is 0 Å². The molecule has 0 saturated carbocycles. The minimum absolute atomic E-state index is 0.0990. The Morgan fingerprint density at radius 3 is 2.53 bits per heavy atom. The van der Waals surface area contributed by atoms with Gasteiger partial charge in [0.1, 0.15) is 0 Å². The molecule has 15 heavy (non-hydrogen) atoms. The van der Waals surface area contributed by atoms with Gasteiger partial charge in [0.05, 0.1) is 5.03 Å². The van der Waals surface area contributed by atoms with Crippen molar-refractivity contribution in [2.75, 3.05) is 0 Å². The van der Waals surface area contributed by atoms with Gasteiger partial charge in [0, 0.05) is 28.6 Å². The third-order valence-corrected chi connectivity index (χ3v) is 2.59. The van der Waals surface area contributed by atoms with Crippen LogP contribution < -0.4 is 0 Å². The van der Waals surface area contributed by atoms with Crippen LogP contribution in [-0.2, 0) is 5.41 Å². The first-order valence-corrected chi connectivity index (χ1v) is 5.26. The molecule has 0 bridgehead atoms. The second-order valence-corrected chi connectivity index (χ2v) is 5.04. The van der Waals surface area contributed by atoms with Gasteiger partial charge in [-0.3, -0.25) is 4.99 Å². The summed E-state index contributed by atoms with van der Waals surface area (Å²) in [7, 11) is 0. The van der Waals surface area contributed by atoms with Crippen LogP contribution in [0.1, 0.15) is 37.7 Å². The molecule has 0 amide bonds. The monoisotopic (exact) mass is 224 g/mol. The van der Waals surface area contributed by atoms with Crippen LogP contribution >= 0.6 is 11.6 Å². The highest BCUT2D eigenvalue weighted by atomic mass is 35.5. The number of H-pyrrole nitrogens is 1. The molecule has 0 aliphatic rings. The summed E-state index contributed by atoms with van der Waals surface area (Å²) in [5.41, 5.74) is 3.33. The third-order valence-electron chi connectivity index (χ3n) is 2.28. The van der Waals surface area contributed by atoms with E-state index in [2.05, 4.69) is 43.5 Å². The van der Waals surface area contributed by atoms with Gasteiger partial charge in [-0.05, 0) is 19.7 Å². The molecule has 0 atom stereocenters. The predicted octanol–water partition coefficient (Wildman–Crippen LogP) is 3.86. The summed E-state index contributed by atoms with van der Waals surface area (Å²) in [5.74, 6) is 0. The summed E-state index contributed by atoms with van der Waals surface area (Å²) in [6, 6.07) is 2.07. The number of aryl methyl sites for hydroxylation is 1. The van der Waals surface area contributed by atoms with Crippen LogP contribution in [0.4, 0.5) is 0 Å². The zero-order valence-corrected chi connectivity index (χ0v) is 10.4. The molecule has 1 aromatic heterocycles. The van der Waals surface area contributed by atoms with Crippen LogP contribution in [0.3, 0.4) is 0 Å². The van der Waals surface area contributed by atoms with Crippen molar-refractivity contribution in [2.45, 2.75) is 33.1 Å². The van der Waals surface area contributed by atoms with E-state index >= 15 is 0 Å². The van der Waals surface area contributed by atoms with Gasteiger partial charge in [-0.1, -0.05) is 32.4 Å². The van der Waals surface area contributed by atoms with Crippen LogP contribution in [0.2, 0.25) is 0 Å². The number of rotatable bonds is 2. The zero-order chi connectivity index (χ0) is 11.6. The Bertz CT molecular complexity index is 394. The van der Waals surface area contributed by atoms with Crippen LogP contribution in [0.25, 0.3) is 5.03 Å². The Hall–Kier alpha value is -1.02. The highest BCUT2D eigenvalue weighted by Gasteiger charge is 2.18. The fraction of sp³-hybridized carbons (Fsp3) is 0.417. The zero-order valence-electron chi connectivity index (χ0n) is 9.69. The molecule has 0 aliphatic heterocycles. The third kappa shape index (κ3) is 2.72. The van der Waals surface area contributed by atoms with Gasteiger partial charge < -0.3 is 4.98 Å². The van der Waals surface area contributed by atoms with Crippen molar-refractivity contribution in [3.8, 4) is 0 Å². The number of halogens is 1. The molecule has 0 radical (unpaired) electrons. The van der Waals surface area contributed by atoms with Crippen molar-refractivity contribution < 1.29 is 0 Å². The lowest BCUT2D eigenvalue weighted by atomic mass is 9.92. The van der Waals surface area contributed by atoms with E-state index in [0.29, 0.717) is 5.03 Å². The van der Waals surface area contributed by atoms with Gasteiger partial charge in [0.15, 0.2) is 0 Å². The molecular formula is C12H17ClN2. The number of aromatic nitrogens is 1. The topological polar surface area (TPSA) is 28.1 Å². The Morgan fingerprint density at radius 1 is 1.53 bits per heavy atom. The summed E-state index contributed by atoms with van der Waals surface area (Å²) >= 11 is 6.08. The fourth-order valence-corrected chi connectivity index (χ4v) is 1.63. The average molecular weight is 225 g/mol. The molecule has 2 nitrogen and oxygen atoms in total. The number of hydrogen-bond donors (Lipinski definition) is 1. The van der Waals surface area contributed by atoms with Crippen LogP contribution in [0, 0.1) is 6.92 Å². The van der Waals surface area contributed by atoms with Gasteiger partial charge in [-0.2, -0.15) is 0 Å². The lowest BCUT2D eigenvalue weighted by Gasteiger charge is -2.15. The van der Waals surface area contributed by atoms with Crippen LogP contribution in [0.5, 0.6) is 0 Å². The van der Waals surface area contributed by atoms with E-state index in [-0.39, 0.29) is 5.41 Å². The smallest absolute Gasteiger partial charge is 0.0678 e. The van der Waals surface area contributed by atoms with E-state index in [9.17, 15) is 0 Å².